The van der Waals surface area contributed by atoms with Crippen molar-refractivity contribution in [3.63, 3.8) is 0 Å². The molecule has 0 amide bonds. The molecule has 0 saturated carbocycles. The van der Waals surface area contributed by atoms with E-state index in [9.17, 15) is 0 Å². The van der Waals surface area contributed by atoms with Crippen LogP contribution >= 0.6 is 0 Å². The topological polar surface area (TPSA) is 0 Å². The summed E-state index contributed by atoms with van der Waals surface area (Å²) in [6.07, 6.45) is 2.23. The average molecular weight is 256 g/mol. The van der Waals surface area contributed by atoms with Crippen LogP contribution in [0.1, 0.15) is 20.8 Å². The summed E-state index contributed by atoms with van der Waals surface area (Å²) in [6, 6.07) is 0. The zero-order valence-electron chi connectivity index (χ0n) is 12.9. The lowest BCUT2D eigenvalue weighted by Gasteiger charge is -2.15. The van der Waals surface area contributed by atoms with Crippen LogP contribution in [-0.4, -0.2) is 16.9 Å². The first-order valence-electron chi connectivity index (χ1n) is 5.95. The van der Waals surface area contributed by atoms with Crippen molar-refractivity contribution in [3.8, 4) is 11.8 Å². The van der Waals surface area contributed by atoms with E-state index in [-0.39, 0.29) is 8.80 Å². The Hall–Kier alpha value is -0.396. The van der Waals surface area contributed by atoms with Crippen molar-refractivity contribution in [2.75, 3.05) is 0 Å². The van der Waals surface area contributed by atoms with E-state index in [0.29, 0.717) is 0 Å². The highest BCUT2D eigenvalue weighted by molar-refractivity contribution is 6.82. The van der Waals surface area contributed by atoms with Gasteiger partial charge in [-0.2, -0.15) is 0 Å². The van der Waals surface area contributed by atoms with Crippen LogP contribution in [0, 0.1) is 18.8 Å². The molecule has 0 saturated heterocycles. The molecule has 0 aromatic heterocycles. The molecule has 0 nitrogen and oxygen atoms in total. The first-order valence-corrected chi connectivity index (χ1v) is 12.9. The van der Waals surface area contributed by atoms with Gasteiger partial charge in [0.1, 0.15) is 11.8 Å². The molecule has 16 heavy (non-hydrogen) atoms. The minimum absolute atomic E-state index is 0.139. The lowest BCUT2D eigenvalue weighted by Crippen LogP contribution is -2.21. The minimum atomic E-state index is -0.899. The second-order valence-electron chi connectivity index (χ2n) is 5.38. The fraction of sp³-hybridized carbons (Fsp3) is 0.643. The van der Waals surface area contributed by atoms with Crippen molar-refractivity contribution < 1.29 is 0 Å². The highest BCUT2D eigenvalue weighted by Crippen LogP contribution is 2.11. The fourth-order valence-electron chi connectivity index (χ4n) is 0.433. The molecule has 0 aliphatic heterocycles. The van der Waals surface area contributed by atoms with Gasteiger partial charge in [0, 0.05) is 8.80 Å². The number of allylic oxidation sites excluding steroid dienone is 2. The zero-order valence-corrected chi connectivity index (χ0v) is 15.0. The highest BCUT2D eigenvalue weighted by Gasteiger charge is 2.13. The van der Waals surface area contributed by atoms with Gasteiger partial charge >= 0.3 is 0 Å². The van der Waals surface area contributed by atoms with Crippen LogP contribution in [0.2, 0.25) is 39.3 Å². The van der Waals surface area contributed by atoms with Crippen LogP contribution in [0.15, 0.2) is 11.3 Å². The summed E-state index contributed by atoms with van der Waals surface area (Å²) < 4.78 is 0. The second kappa shape index (κ2) is 12.7. The van der Waals surface area contributed by atoms with E-state index >= 15 is 0 Å². The Labute approximate surface area is 107 Å². The highest BCUT2D eigenvalue weighted by atomic mass is 28.3. The van der Waals surface area contributed by atoms with E-state index in [2.05, 4.69) is 78.0 Å². The van der Waals surface area contributed by atoms with Gasteiger partial charge in [-0.15, -0.1) is 0 Å². The summed E-state index contributed by atoms with van der Waals surface area (Å²) >= 11 is 0. The van der Waals surface area contributed by atoms with Gasteiger partial charge in [-0.1, -0.05) is 50.6 Å². The molecule has 0 rings (SSSR count). The molecule has 0 bridgehead atoms. The van der Waals surface area contributed by atoms with Gasteiger partial charge in [-0.3, -0.25) is 0 Å². The summed E-state index contributed by atoms with van der Waals surface area (Å²) in [5, 5.41) is 1.59. The third-order valence-electron chi connectivity index (χ3n) is 1.79. The lowest BCUT2D eigenvalue weighted by molar-refractivity contribution is 1.49. The third kappa shape index (κ3) is 29.2. The summed E-state index contributed by atoms with van der Waals surface area (Å²) in [6.45, 7) is 23.4. The Morgan fingerprint density at radius 1 is 1.19 bits per heavy atom. The van der Waals surface area contributed by atoms with Crippen LogP contribution in [0.4, 0.5) is 0 Å². The predicted octanol–water partition coefficient (Wildman–Crippen LogP) is 4.78. The van der Waals surface area contributed by atoms with E-state index < -0.39 is 8.07 Å². The van der Waals surface area contributed by atoms with Crippen molar-refractivity contribution in [1.82, 2.24) is 0 Å². The number of hydrogen-bond acceptors (Lipinski definition) is 0. The first kappa shape index (κ1) is 20.9. The van der Waals surface area contributed by atoms with Crippen LogP contribution in [0.25, 0.3) is 0 Å². The standard InChI is InChI=1S/C7H16Si.C4H5.C3H10Si/c1-6-7(2)8(3,4)5;1-3-4-2;1-4(2)3/h6H,1-5H3;1H2,2H3;4H,1-3H3/q;+1;/b7-6+;;. The summed E-state index contributed by atoms with van der Waals surface area (Å²) in [7, 11) is -1.04. The largest absolute Gasteiger partial charge is 0.135 e. The second-order valence-corrected chi connectivity index (χ2v) is 14.1. The van der Waals surface area contributed by atoms with Crippen LogP contribution < -0.4 is 0 Å². The number of hydrogen-bond donors (Lipinski definition) is 0. The summed E-state index contributed by atoms with van der Waals surface area (Å²) in [5.74, 6) is 5.00. The van der Waals surface area contributed by atoms with Gasteiger partial charge in [-0.05, 0) is 13.8 Å². The Morgan fingerprint density at radius 2 is 1.44 bits per heavy atom. The number of rotatable bonds is 1. The quantitative estimate of drug-likeness (QED) is 0.359. The Balaban J connectivity index is -0.000000179. The van der Waals surface area contributed by atoms with Crippen molar-refractivity contribution in [1.29, 1.82) is 0 Å². The van der Waals surface area contributed by atoms with E-state index in [1.165, 1.54) is 0 Å². The minimum Gasteiger partial charge on any atom is -0.0926 e. The smallest absolute Gasteiger partial charge is 0.0926 e. The monoisotopic (exact) mass is 255 g/mol. The van der Waals surface area contributed by atoms with Gasteiger partial charge in [0.2, 0.25) is 0 Å². The Morgan fingerprint density at radius 3 is 1.44 bits per heavy atom. The first-order chi connectivity index (χ1) is 7.13. The summed E-state index contributed by atoms with van der Waals surface area (Å²) in [4.78, 5) is 0. The molecule has 0 fully saturated rings. The molecule has 0 aromatic rings. The van der Waals surface area contributed by atoms with Gasteiger partial charge in [-0.25, -0.2) is 0 Å². The van der Waals surface area contributed by atoms with Crippen molar-refractivity contribution in [2.45, 2.75) is 60.1 Å². The van der Waals surface area contributed by atoms with Crippen LogP contribution in [0.3, 0.4) is 0 Å². The van der Waals surface area contributed by atoms with Gasteiger partial charge in [0.25, 0.3) is 0 Å². The molecule has 0 spiro atoms. The maximum Gasteiger partial charge on any atom is 0.135 e. The van der Waals surface area contributed by atoms with Crippen molar-refractivity contribution in [3.05, 3.63) is 18.2 Å². The lowest BCUT2D eigenvalue weighted by atomic mass is 10.6. The molecular weight excluding hydrogens is 224 g/mol. The molecule has 94 valence electrons. The maximum atomic E-state index is 3.24. The van der Waals surface area contributed by atoms with Crippen LogP contribution in [-0.2, 0) is 0 Å². The molecular formula is C14H31Si2+. The van der Waals surface area contributed by atoms with Gasteiger partial charge in [0.05, 0.1) is 21.9 Å². The molecule has 0 aromatic carbocycles. The van der Waals surface area contributed by atoms with E-state index in [4.69, 9.17) is 0 Å². The Bertz CT molecular complexity index is 213. The van der Waals surface area contributed by atoms with Crippen LogP contribution in [0.5, 0.6) is 0 Å². The van der Waals surface area contributed by atoms with Crippen molar-refractivity contribution >= 4 is 16.9 Å². The summed E-state index contributed by atoms with van der Waals surface area (Å²) in [5.41, 5.74) is 0. The fourth-order valence-corrected chi connectivity index (χ4v) is 1.30. The van der Waals surface area contributed by atoms with Gasteiger partial charge < -0.3 is 0 Å². The molecule has 0 aliphatic rings. The molecule has 0 aliphatic carbocycles. The van der Waals surface area contributed by atoms with E-state index in [1.807, 2.05) is 0 Å². The molecule has 0 N–H and O–H groups in total. The molecule has 2 heteroatoms. The van der Waals surface area contributed by atoms with E-state index in [0.717, 1.165) is 0 Å². The predicted molar refractivity (Wildman–Crippen MR) is 86.3 cm³/mol. The Kier molecular flexibility index (Phi) is 16.6. The van der Waals surface area contributed by atoms with Gasteiger partial charge in [0.15, 0.2) is 0 Å². The van der Waals surface area contributed by atoms with E-state index in [1.54, 1.807) is 12.1 Å². The maximum absolute atomic E-state index is 3.24. The normalized spacial score (nSPS) is 10.2. The molecule has 0 radical (unpaired) electrons. The SMILES string of the molecule is C/C=C(\C)[Si](C)(C)C.C[SiH](C)C.[CH2+]C#CC. The van der Waals surface area contributed by atoms with Crippen molar-refractivity contribution in [2.24, 2.45) is 0 Å². The zero-order chi connectivity index (χ0) is 13.8. The molecule has 0 heterocycles. The molecule has 0 atom stereocenters. The third-order valence-corrected chi connectivity index (χ3v) is 4.45. The average Bonchev–Trinajstić information content (AvgIpc) is 2.14. The molecule has 0 unspecified atom stereocenters.